The Morgan fingerprint density at radius 2 is 1.87 bits per heavy atom. The van der Waals surface area contributed by atoms with Crippen molar-refractivity contribution in [1.29, 1.82) is 0 Å². The van der Waals surface area contributed by atoms with Gasteiger partial charge in [-0.3, -0.25) is 4.79 Å². The molecule has 2 aromatic carbocycles. The van der Waals surface area contributed by atoms with Gasteiger partial charge in [0, 0.05) is 44.3 Å². The van der Waals surface area contributed by atoms with Crippen LogP contribution in [0, 0.1) is 13.8 Å². The predicted octanol–water partition coefficient (Wildman–Crippen LogP) is 4.75. The molecule has 0 bridgehead atoms. The molecule has 162 valence electrons. The van der Waals surface area contributed by atoms with Crippen LogP contribution in [0.3, 0.4) is 0 Å². The van der Waals surface area contributed by atoms with Crippen molar-refractivity contribution in [3.05, 3.63) is 65.5 Å². The molecule has 3 aromatic rings. The van der Waals surface area contributed by atoms with Gasteiger partial charge in [-0.2, -0.15) is 0 Å². The number of benzene rings is 2. The molecule has 1 fully saturated rings. The number of carbonyl (C=O) groups excluding carboxylic acids is 1. The lowest BCUT2D eigenvalue weighted by Gasteiger charge is -2.32. The normalized spacial score (nSPS) is 14.6. The standard InChI is InChI=1S/C25H29N3O3/c1-18-11-12-19(2)22(17-18)30-21-13-15-28(16-14-21)24(29)10-6-9-23-26-27-25(31-23)20-7-4-3-5-8-20/h3-5,7-8,11-12,17,21H,6,9-10,13-16H2,1-2H3. The highest BCUT2D eigenvalue weighted by Gasteiger charge is 2.24. The summed E-state index contributed by atoms with van der Waals surface area (Å²) in [4.78, 5) is 14.5. The summed E-state index contributed by atoms with van der Waals surface area (Å²) in [6, 6.07) is 16.0. The van der Waals surface area contributed by atoms with Crippen LogP contribution < -0.4 is 4.74 Å². The zero-order chi connectivity index (χ0) is 21.6. The molecule has 1 amide bonds. The highest BCUT2D eigenvalue weighted by atomic mass is 16.5. The average molecular weight is 420 g/mol. The number of carbonyl (C=O) groups is 1. The van der Waals surface area contributed by atoms with Crippen molar-refractivity contribution in [2.45, 2.75) is 52.1 Å². The number of likely N-dealkylation sites (tertiary alicyclic amines) is 1. The Hall–Kier alpha value is -3.15. The van der Waals surface area contributed by atoms with E-state index >= 15 is 0 Å². The van der Waals surface area contributed by atoms with Gasteiger partial charge in [0.2, 0.25) is 17.7 Å². The number of nitrogens with zero attached hydrogens (tertiary/aromatic N) is 3. The van der Waals surface area contributed by atoms with Crippen LogP contribution in [0.4, 0.5) is 0 Å². The first kappa shape index (κ1) is 21.1. The third-order valence-electron chi connectivity index (χ3n) is 5.70. The van der Waals surface area contributed by atoms with Gasteiger partial charge in [0.05, 0.1) is 0 Å². The summed E-state index contributed by atoms with van der Waals surface area (Å²) in [6.45, 7) is 5.63. The number of hydrogen-bond donors (Lipinski definition) is 0. The number of aromatic nitrogens is 2. The van der Waals surface area contributed by atoms with Crippen LogP contribution in [0.15, 0.2) is 52.9 Å². The van der Waals surface area contributed by atoms with Crippen LogP contribution >= 0.6 is 0 Å². The van der Waals surface area contributed by atoms with Crippen LogP contribution in [-0.4, -0.2) is 40.2 Å². The maximum atomic E-state index is 12.6. The molecule has 0 unspecified atom stereocenters. The molecule has 6 heteroatoms. The summed E-state index contributed by atoms with van der Waals surface area (Å²) >= 11 is 0. The summed E-state index contributed by atoms with van der Waals surface area (Å²) in [5.74, 6) is 2.24. The van der Waals surface area contributed by atoms with Gasteiger partial charge in [0.15, 0.2) is 0 Å². The molecule has 1 aliphatic rings. The van der Waals surface area contributed by atoms with Crippen LogP contribution in [0.5, 0.6) is 5.75 Å². The van der Waals surface area contributed by atoms with Gasteiger partial charge in [-0.05, 0) is 49.6 Å². The fourth-order valence-corrected chi connectivity index (χ4v) is 3.84. The lowest BCUT2D eigenvalue weighted by molar-refractivity contribution is -0.133. The SMILES string of the molecule is Cc1ccc(C)c(OC2CCN(C(=O)CCCc3nnc(-c4ccccc4)o3)CC2)c1. The van der Waals surface area contributed by atoms with Crippen LogP contribution in [0.25, 0.3) is 11.5 Å². The number of aryl methyl sites for hydroxylation is 3. The van der Waals surface area contributed by atoms with Crippen molar-refractivity contribution in [2.24, 2.45) is 0 Å². The second-order valence-corrected chi connectivity index (χ2v) is 8.19. The molecule has 1 aliphatic heterocycles. The van der Waals surface area contributed by atoms with Crippen LogP contribution in [0.2, 0.25) is 0 Å². The van der Waals surface area contributed by atoms with Gasteiger partial charge in [0.1, 0.15) is 11.9 Å². The van der Waals surface area contributed by atoms with E-state index in [1.807, 2.05) is 35.2 Å². The maximum Gasteiger partial charge on any atom is 0.247 e. The van der Waals surface area contributed by atoms with E-state index in [-0.39, 0.29) is 12.0 Å². The van der Waals surface area contributed by atoms with E-state index in [4.69, 9.17) is 9.15 Å². The highest BCUT2D eigenvalue weighted by molar-refractivity contribution is 5.76. The molecule has 1 saturated heterocycles. The fraction of sp³-hybridized carbons (Fsp3) is 0.400. The quantitative estimate of drug-likeness (QED) is 0.553. The smallest absolute Gasteiger partial charge is 0.247 e. The molecular formula is C25H29N3O3. The molecule has 0 aliphatic carbocycles. The van der Waals surface area contributed by atoms with E-state index < -0.39 is 0 Å². The molecule has 2 heterocycles. The minimum atomic E-state index is 0.166. The number of hydrogen-bond acceptors (Lipinski definition) is 5. The van der Waals surface area contributed by atoms with E-state index in [9.17, 15) is 4.79 Å². The van der Waals surface area contributed by atoms with E-state index in [0.717, 1.165) is 42.8 Å². The van der Waals surface area contributed by atoms with Crippen LogP contribution in [-0.2, 0) is 11.2 Å². The van der Waals surface area contributed by atoms with Crippen molar-refractivity contribution in [2.75, 3.05) is 13.1 Å². The molecular weight excluding hydrogens is 390 g/mol. The first-order valence-electron chi connectivity index (χ1n) is 11.0. The zero-order valence-electron chi connectivity index (χ0n) is 18.2. The number of piperidine rings is 1. The van der Waals surface area contributed by atoms with E-state index in [0.29, 0.717) is 31.0 Å². The molecule has 4 rings (SSSR count). The summed E-state index contributed by atoms with van der Waals surface area (Å²) in [7, 11) is 0. The molecule has 0 atom stereocenters. The largest absolute Gasteiger partial charge is 0.490 e. The number of ether oxygens (including phenoxy) is 1. The molecule has 6 nitrogen and oxygen atoms in total. The Bertz CT molecular complexity index is 1010. The number of rotatable bonds is 7. The summed E-state index contributed by atoms with van der Waals surface area (Å²) < 4.78 is 11.9. The van der Waals surface area contributed by atoms with E-state index in [1.54, 1.807) is 0 Å². The van der Waals surface area contributed by atoms with Gasteiger partial charge < -0.3 is 14.1 Å². The van der Waals surface area contributed by atoms with Crippen molar-refractivity contribution in [1.82, 2.24) is 15.1 Å². The fourth-order valence-electron chi connectivity index (χ4n) is 3.84. The molecule has 0 saturated carbocycles. The molecule has 0 spiro atoms. The predicted molar refractivity (Wildman–Crippen MR) is 119 cm³/mol. The summed E-state index contributed by atoms with van der Waals surface area (Å²) in [6.07, 6.45) is 3.70. The van der Waals surface area contributed by atoms with Crippen molar-refractivity contribution >= 4 is 5.91 Å². The van der Waals surface area contributed by atoms with E-state index in [2.05, 4.69) is 42.2 Å². The second kappa shape index (κ2) is 9.77. The van der Waals surface area contributed by atoms with Gasteiger partial charge in [0.25, 0.3) is 0 Å². The average Bonchev–Trinajstić information content (AvgIpc) is 3.26. The monoisotopic (exact) mass is 419 g/mol. The molecule has 1 aromatic heterocycles. The first-order chi connectivity index (χ1) is 15.1. The maximum absolute atomic E-state index is 12.6. The topological polar surface area (TPSA) is 68.5 Å². The van der Waals surface area contributed by atoms with Crippen molar-refractivity contribution < 1.29 is 13.9 Å². The Morgan fingerprint density at radius 1 is 1.10 bits per heavy atom. The minimum Gasteiger partial charge on any atom is -0.490 e. The Morgan fingerprint density at radius 3 is 2.65 bits per heavy atom. The molecule has 0 radical (unpaired) electrons. The Balaban J connectivity index is 1.20. The minimum absolute atomic E-state index is 0.166. The molecule has 31 heavy (non-hydrogen) atoms. The molecule has 0 N–H and O–H groups in total. The van der Waals surface area contributed by atoms with Crippen molar-refractivity contribution in [3.63, 3.8) is 0 Å². The third-order valence-corrected chi connectivity index (χ3v) is 5.70. The van der Waals surface area contributed by atoms with Crippen LogP contribution in [0.1, 0.15) is 42.7 Å². The summed E-state index contributed by atoms with van der Waals surface area (Å²) in [5.41, 5.74) is 3.26. The van der Waals surface area contributed by atoms with Gasteiger partial charge in [-0.15, -0.1) is 10.2 Å². The third kappa shape index (κ3) is 5.51. The Kier molecular flexibility index (Phi) is 6.65. The summed E-state index contributed by atoms with van der Waals surface area (Å²) in [5, 5.41) is 8.21. The number of amides is 1. The lowest BCUT2D eigenvalue weighted by atomic mass is 10.1. The second-order valence-electron chi connectivity index (χ2n) is 8.19. The highest BCUT2D eigenvalue weighted by Crippen LogP contribution is 2.24. The lowest BCUT2D eigenvalue weighted by Crippen LogP contribution is -2.41. The first-order valence-corrected chi connectivity index (χ1v) is 11.0. The van der Waals surface area contributed by atoms with E-state index in [1.165, 1.54) is 5.56 Å². The van der Waals surface area contributed by atoms with Gasteiger partial charge in [-0.1, -0.05) is 30.3 Å². The zero-order valence-corrected chi connectivity index (χ0v) is 18.2. The van der Waals surface area contributed by atoms with Crippen molar-refractivity contribution in [3.8, 4) is 17.2 Å². The van der Waals surface area contributed by atoms with Gasteiger partial charge >= 0.3 is 0 Å². The Labute approximate surface area is 183 Å². The van der Waals surface area contributed by atoms with Gasteiger partial charge in [-0.25, -0.2) is 0 Å².